The Bertz CT molecular complexity index is 201. The summed E-state index contributed by atoms with van der Waals surface area (Å²) in [5.74, 6) is 0.196. The summed E-state index contributed by atoms with van der Waals surface area (Å²) < 4.78 is 0. The summed E-state index contributed by atoms with van der Waals surface area (Å²) in [6.45, 7) is -0.0194. The zero-order chi connectivity index (χ0) is 6.69. The molecule has 0 amide bonds. The van der Waals surface area contributed by atoms with Crippen LogP contribution >= 0.6 is 0 Å². The Balaban J connectivity index is 0. The van der Waals surface area contributed by atoms with Gasteiger partial charge in [0.15, 0.2) is 0 Å². The second kappa shape index (κ2) is 6.77. The third kappa shape index (κ3) is 4.51. The SMILES string of the molecule is OCc1cccc(O)c1.[CH3-].[Y]. The zero-order valence-corrected chi connectivity index (χ0v) is 9.33. The summed E-state index contributed by atoms with van der Waals surface area (Å²) in [5.41, 5.74) is 0.731. The standard InChI is InChI=1S/C7H8O2.CH3.Y/c8-5-6-2-1-3-7(9)4-6;;/h1-4,8-9H,5H2;1H3;/q;-1;. The van der Waals surface area contributed by atoms with Gasteiger partial charge in [0.1, 0.15) is 5.75 Å². The first-order valence-corrected chi connectivity index (χ1v) is 2.71. The minimum atomic E-state index is -0.0194. The molecule has 0 saturated heterocycles. The molecule has 1 rings (SSSR count). The minimum absolute atomic E-state index is 0. The predicted octanol–water partition coefficient (Wildman–Crippen LogP) is 1.33. The van der Waals surface area contributed by atoms with Crippen molar-refractivity contribution in [2.24, 2.45) is 0 Å². The van der Waals surface area contributed by atoms with Crippen LogP contribution in [0.4, 0.5) is 0 Å². The van der Waals surface area contributed by atoms with Gasteiger partial charge in [0, 0.05) is 32.7 Å². The molecule has 3 heteroatoms. The maximum Gasteiger partial charge on any atom is 0.115 e. The zero-order valence-electron chi connectivity index (χ0n) is 6.49. The topological polar surface area (TPSA) is 40.5 Å². The van der Waals surface area contributed by atoms with Gasteiger partial charge in [-0.2, -0.15) is 0 Å². The largest absolute Gasteiger partial charge is 0.508 e. The van der Waals surface area contributed by atoms with Crippen molar-refractivity contribution in [1.29, 1.82) is 0 Å². The number of rotatable bonds is 1. The molecule has 0 atom stereocenters. The van der Waals surface area contributed by atoms with E-state index in [-0.39, 0.29) is 52.5 Å². The van der Waals surface area contributed by atoms with Crippen LogP contribution in [-0.4, -0.2) is 10.2 Å². The Hall–Kier alpha value is 0.0839. The van der Waals surface area contributed by atoms with E-state index in [1.807, 2.05) is 0 Å². The second-order valence-electron chi connectivity index (χ2n) is 1.83. The van der Waals surface area contributed by atoms with Gasteiger partial charge in [-0.1, -0.05) is 12.1 Å². The molecular formula is C8H11O2Y-. The van der Waals surface area contributed by atoms with Gasteiger partial charge in [0.25, 0.3) is 0 Å². The molecular weight excluding hydrogens is 217 g/mol. The van der Waals surface area contributed by atoms with E-state index < -0.39 is 0 Å². The average molecular weight is 228 g/mol. The second-order valence-corrected chi connectivity index (χ2v) is 1.83. The van der Waals surface area contributed by atoms with E-state index in [1.165, 1.54) is 6.07 Å². The Labute approximate surface area is 92.1 Å². The Kier molecular flexibility index (Phi) is 8.41. The van der Waals surface area contributed by atoms with E-state index in [2.05, 4.69) is 0 Å². The van der Waals surface area contributed by atoms with E-state index in [0.717, 1.165) is 5.56 Å². The quantitative estimate of drug-likeness (QED) is 0.712. The van der Waals surface area contributed by atoms with Crippen molar-refractivity contribution in [3.05, 3.63) is 37.3 Å². The number of aliphatic hydroxyl groups excluding tert-OH is 1. The molecule has 0 unspecified atom stereocenters. The normalized spacial score (nSPS) is 7.73. The fourth-order valence-corrected chi connectivity index (χ4v) is 0.655. The van der Waals surface area contributed by atoms with Crippen molar-refractivity contribution in [1.82, 2.24) is 0 Å². The monoisotopic (exact) mass is 228 g/mol. The van der Waals surface area contributed by atoms with Gasteiger partial charge in [-0.3, -0.25) is 0 Å². The summed E-state index contributed by atoms with van der Waals surface area (Å²) in [4.78, 5) is 0. The van der Waals surface area contributed by atoms with Crippen LogP contribution in [0.1, 0.15) is 5.56 Å². The van der Waals surface area contributed by atoms with Gasteiger partial charge < -0.3 is 17.6 Å². The molecule has 0 aliphatic heterocycles. The van der Waals surface area contributed by atoms with E-state index >= 15 is 0 Å². The first-order valence-electron chi connectivity index (χ1n) is 2.71. The minimum Gasteiger partial charge on any atom is -0.508 e. The maximum absolute atomic E-state index is 8.83. The van der Waals surface area contributed by atoms with Gasteiger partial charge >= 0.3 is 0 Å². The summed E-state index contributed by atoms with van der Waals surface area (Å²) in [7, 11) is 0. The first kappa shape index (κ1) is 13.7. The van der Waals surface area contributed by atoms with Crippen LogP contribution in [0.5, 0.6) is 5.75 Å². The number of hydrogen-bond acceptors (Lipinski definition) is 2. The van der Waals surface area contributed by atoms with Gasteiger partial charge in [-0.15, -0.1) is 0 Å². The number of aromatic hydroxyl groups is 1. The van der Waals surface area contributed by atoms with Crippen LogP contribution in [0.15, 0.2) is 24.3 Å². The van der Waals surface area contributed by atoms with Crippen LogP contribution in [-0.2, 0) is 39.3 Å². The van der Waals surface area contributed by atoms with Crippen LogP contribution in [0.3, 0.4) is 0 Å². The summed E-state index contributed by atoms with van der Waals surface area (Å²) in [6.07, 6.45) is 0. The molecule has 0 heterocycles. The molecule has 1 aromatic carbocycles. The van der Waals surface area contributed by atoms with Crippen molar-refractivity contribution >= 4 is 0 Å². The smallest absolute Gasteiger partial charge is 0.115 e. The molecule has 11 heavy (non-hydrogen) atoms. The van der Waals surface area contributed by atoms with E-state index in [4.69, 9.17) is 10.2 Å². The van der Waals surface area contributed by atoms with E-state index in [9.17, 15) is 0 Å². The van der Waals surface area contributed by atoms with Crippen molar-refractivity contribution in [3.8, 4) is 5.75 Å². The molecule has 1 radical (unpaired) electrons. The molecule has 0 saturated carbocycles. The molecule has 0 aliphatic rings. The molecule has 2 nitrogen and oxygen atoms in total. The number of aliphatic hydroxyl groups is 1. The van der Waals surface area contributed by atoms with Crippen LogP contribution in [0.25, 0.3) is 0 Å². The number of phenols is 1. The summed E-state index contributed by atoms with van der Waals surface area (Å²) in [5, 5.41) is 17.4. The van der Waals surface area contributed by atoms with Gasteiger partial charge in [-0.25, -0.2) is 0 Å². The Morgan fingerprint density at radius 2 is 1.91 bits per heavy atom. The van der Waals surface area contributed by atoms with Gasteiger partial charge in [0.2, 0.25) is 0 Å². The predicted molar refractivity (Wildman–Crippen MR) is 40.4 cm³/mol. The van der Waals surface area contributed by atoms with E-state index in [0.29, 0.717) is 0 Å². The molecule has 59 valence electrons. The molecule has 0 spiro atoms. The van der Waals surface area contributed by atoms with Crippen LogP contribution < -0.4 is 0 Å². The van der Waals surface area contributed by atoms with Crippen LogP contribution in [0, 0.1) is 7.43 Å². The number of benzene rings is 1. The third-order valence-corrected chi connectivity index (χ3v) is 1.09. The molecule has 0 aliphatic carbocycles. The molecule has 1 aromatic rings. The van der Waals surface area contributed by atoms with E-state index in [1.54, 1.807) is 18.2 Å². The summed E-state index contributed by atoms with van der Waals surface area (Å²) in [6, 6.07) is 6.54. The van der Waals surface area contributed by atoms with Crippen LogP contribution in [0.2, 0.25) is 0 Å². The number of hydrogen-bond donors (Lipinski definition) is 2. The molecule has 0 aromatic heterocycles. The van der Waals surface area contributed by atoms with Crippen molar-refractivity contribution in [3.63, 3.8) is 0 Å². The average Bonchev–Trinajstić information content (AvgIpc) is 1.88. The molecule has 0 bridgehead atoms. The summed E-state index contributed by atoms with van der Waals surface area (Å²) >= 11 is 0. The molecule has 2 N–H and O–H groups in total. The molecule has 0 fully saturated rings. The van der Waals surface area contributed by atoms with Gasteiger partial charge in [0.05, 0.1) is 6.61 Å². The maximum atomic E-state index is 8.83. The Morgan fingerprint density at radius 1 is 1.27 bits per heavy atom. The Morgan fingerprint density at radius 3 is 2.27 bits per heavy atom. The fraction of sp³-hybridized carbons (Fsp3) is 0.125. The van der Waals surface area contributed by atoms with Crippen molar-refractivity contribution < 1.29 is 42.9 Å². The number of phenolic OH excluding ortho intramolecular Hbond substituents is 1. The van der Waals surface area contributed by atoms with Crippen molar-refractivity contribution in [2.45, 2.75) is 6.61 Å². The van der Waals surface area contributed by atoms with Gasteiger partial charge in [-0.05, 0) is 17.7 Å². The first-order chi connectivity index (χ1) is 4.33. The fourth-order valence-electron chi connectivity index (χ4n) is 0.655. The third-order valence-electron chi connectivity index (χ3n) is 1.09. The van der Waals surface area contributed by atoms with Crippen molar-refractivity contribution in [2.75, 3.05) is 0 Å².